The highest BCUT2D eigenvalue weighted by Gasteiger charge is 2.19. The highest BCUT2D eigenvalue weighted by Crippen LogP contribution is 2.42. The summed E-state index contributed by atoms with van der Waals surface area (Å²) in [5.41, 5.74) is 13.1. The molecule has 0 atom stereocenters. The van der Waals surface area contributed by atoms with Gasteiger partial charge in [0.25, 0.3) is 0 Å². The molecular weight excluding hydrogens is 767 g/mol. The van der Waals surface area contributed by atoms with Crippen molar-refractivity contribution in [2.24, 2.45) is 0 Å². The van der Waals surface area contributed by atoms with Crippen LogP contribution in [0.5, 0.6) is 0 Å². The summed E-state index contributed by atoms with van der Waals surface area (Å²) in [6, 6.07) is 75.1. The van der Waals surface area contributed by atoms with Crippen molar-refractivity contribution in [3.63, 3.8) is 0 Å². The Morgan fingerprint density at radius 3 is 1.52 bits per heavy atom. The number of aromatic nitrogens is 5. The van der Waals surface area contributed by atoms with Crippen LogP contribution in [0.2, 0.25) is 0 Å². The summed E-state index contributed by atoms with van der Waals surface area (Å²) in [4.78, 5) is 19.8. The third-order valence-corrected chi connectivity index (χ3v) is 12.2. The summed E-state index contributed by atoms with van der Waals surface area (Å²) < 4.78 is 2.37. The number of nitrogens with zero attached hydrogens (tertiary/aromatic N) is 5. The van der Waals surface area contributed by atoms with Gasteiger partial charge in [0, 0.05) is 51.1 Å². The van der Waals surface area contributed by atoms with Crippen LogP contribution in [0, 0.1) is 0 Å². The molecular formula is C58H37N5. The summed E-state index contributed by atoms with van der Waals surface area (Å²) in [5.74, 6) is 1.86. The number of benzene rings is 9. The third kappa shape index (κ3) is 6.34. The Morgan fingerprint density at radius 2 is 0.810 bits per heavy atom. The van der Waals surface area contributed by atoms with Crippen LogP contribution in [-0.4, -0.2) is 24.5 Å². The molecule has 0 fully saturated rings. The molecule has 0 saturated carbocycles. The number of hydrogen-bond acceptors (Lipinski definition) is 4. The van der Waals surface area contributed by atoms with Crippen LogP contribution in [0.3, 0.4) is 0 Å². The zero-order valence-corrected chi connectivity index (χ0v) is 34.1. The van der Waals surface area contributed by atoms with E-state index in [0.717, 1.165) is 49.8 Å². The summed E-state index contributed by atoms with van der Waals surface area (Å²) in [5, 5.41) is 7.08. The Balaban J connectivity index is 0.995. The van der Waals surface area contributed by atoms with Gasteiger partial charge in [0.1, 0.15) is 0 Å². The molecule has 0 saturated heterocycles. The van der Waals surface area contributed by atoms with E-state index in [9.17, 15) is 0 Å². The quantitative estimate of drug-likeness (QED) is 0.161. The SMILES string of the molecule is c1ccc(-c2nc(-c3cccc(-c4cccnc4)c3)nc(-c3ccc(-c4ccc(-c5ccc6c(c5)c5ccccc5n6-c5ccccc5)c5ccccc45)c4ccccc34)n2)cc1. The van der Waals surface area contributed by atoms with Gasteiger partial charge in [-0.2, -0.15) is 0 Å². The highest BCUT2D eigenvalue weighted by molar-refractivity contribution is 6.14. The fourth-order valence-electron chi connectivity index (χ4n) is 9.22. The van der Waals surface area contributed by atoms with E-state index in [1.807, 2.05) is 48.7 Å². The van der Waals surface area contributed by atoms with E-state index in [1.54, 1.807) is 6.20 Å². The highest BCUT2D eigenvalue weighted by atomic mass is 15.0. The lowest BCUT2D eigenvalue weighted by atomic mass is 9.88. The molecule has 5 heteroatoms. The largest absolute Gasteiger partial charge is 0.309 e. The van der Waals surface area contributed by atoms with Crippen LogP contribution in [0.25, 0.3) is 117 Å². The van der Waals surface area contributed by atoms with Crippen molar-refractivity contribution in [2.45, 2.75) is 0 Å². The molecule has 0 radical (unpaired) electrons. The van der Waals surface area contributed by atoms with Gasteiger partial charge in [0.2, 0.25) is 0 Å². The van der Waals surface area contributed by atoms with E-state index in [0.29, 0.717) is 17.5 Å². The predicted molar refractivity (Wildman–Crippen MR) is 260 cm³/mol. The minimum absolute atomic E-state index is 0.613. The molecule has 3 heterocycles. The maximum atomic E-state index is 5.20. The van der Waals surface area contributed by atoms with Crippen LogP contribution in [-0.2, 0) is 0 Å². The summed E-state index contributed by atoms with van der Waals surface area (Å²) in [6.45, 7) is 0. The Labute approximate surface area is 364 Å². The monoisotopic (exact) mass is 803 g/mol. The number of pyridine rings is 1. The van der Waals surface area contributed by atoms with E-state index in [2.05, 4.69) is 179 Å². The molecule has 294 valence electrons. The summed E-state index contributed by atoms with van der Waals surface area (Å²) in [6.07, 6.45) is 3.67. The van der Waals surface area contributed by atoms with Crippen molar-refractivity contribution < 1.29 is 0 Å². The van der Waals surface area contributed by atoms with Crippen LogP contribution in [0.4, 0.5) is 0 Å². The molecule has 12 rings (SSSR count). The first-order valence-electron chi connectivity index (χ1n) is 21.2. The molecule has 0 aliphatic rings. The molecule has 0 spiro atoms. The first kappa shape index (κ1) is 36.3. The Hall–Kier alpha value is -8.54. The molecule has 0 aliphatic heterocycles. The first-order valence-corrected chi connectivity index (χ1v) is 21.2. The van der Waals surface area contributed by atoms with E-state index in [-0.39, 0.29) is 0 Å². The average molecular weight is 804 g/mol. The van der Waals surface area contributed by atoms with Gasteiger partial charge in [-0.25, -0.2) is 15.0 Å². The molecule has 0 bridgehead atoms. The van der Waals surface area contributed by atoms with Gasteiger partial charge in [0.05, 0.1) is 11.0 Å². The minimum Gasteiger partial charge on any atom is -0.309 e. The van der Waals surface area contributed by atoms with Crippen molar-refractivity contribution in [1.29, 1.82) is 0 Å². The molecule has 9 aromatic carbocycles. The molecule has 3 aromatic heterocycles. The third-order valence-electron chi connectivity index (χ3n) is 12.2. The van der Waals surface area contributed by atoms with Gasteiger partial charge >= 0.3 is 0 Å². The number of fused-ring (bicyclic) bond motifs is 5. The lowest BCUT2D eigenvalue weighted by Gasteiger charge is -2.16. The van der Waals surface area contributed by atoms with E-state index in [1.165, 1.54) is 49.3 Å². The number of rotatable bonds is 7. The van der Waals surface area contributed by atoms with E-state index < -0.39 is 0 Å². The Morgan fingerprint density at radius 1 is 0.286 bits per heavy atom. The molecule has 0 N–H and O–H groups in total. The van der Waals surface area contributed by atoms with Crippen LogP contribution in [0.1, 0.15) is 0 Å². The maximum absolute atomic E-state index is 5.20. The second-order valence-electron chi connectivity index (χ2n) is 15.8. The summed E-state index contributed by atoms with van der Waals surface area (Å²) in [7, 11) is 0. The first-order chi connectivity index (χ1) is 31.2. The zero-order valence-electron chi connectivity index (χ0n) is 34.1. The predicted octanol–water partition coefficient (Wildman–Crippen LogP) is 14.7. The fraction of sp³-hybridized carbons (Fsp3) is 0. The zero-order chi connectivity index (χ0) is 41.7. The topological polar surface area (TPSA) is 56.5 Å². The van der Waals surface area contributed by atoms with Gasteiger partial charge in [-0.3, -0.25) is 4.98 Å². The minimum atomic E-state index is 0.613. The second-order valence-corrected chi connectivity index (χ2v) is 15.8. The van der Waals surface area contributed by atoms with Crippen molar-refractivity contribution in [1.82, 2.24) is 24.5 Å². The normalized spacial score (nSPS) is 11.5. The fourth-order valence-corrected chi connectivity index (χ4v) is 9.22. The molecule has 0 aliphatic carbocycles. The van der Waals surface area contributed by atoms with Gasteiger partial charge in [-0.1, -0.05) is 164 Å². The molecule has 0 amide bonds. The van der Waals surface area contributed by atoms with Crippen molar-refractivity contribution in [3.8, 4) is 73.2 Å². The van der Waals surface area contributed by atoms with Crippen molar-refractivity contribution >= 4 is 43.4 Å². The van der Waals surface area contributed by atoms with Gasteiger partial charge in [-0.15, -0.1) is 0 Å². The van der Waals surface area contributed by atoms with Gasteiger partial charge < -0.3 is 4.57 Å². The van der Waals surface area contributed by atoms with Crippen LogP contribution < -0.4 is 0 Å². The maximum Gasteiger partial charge on any atom is 0.164 e. The summed E-state index contributed by atoms with van der Waals surface area (Å²) >= 11 is 0. The lowest BCUT2D eigenvalue weighted by molar-refractivity contribution is 1.08. The molecule has 63 heavy (non-hydrogen) atoms. The second kappa shape index (κ2) is 15.2. The Kier molecular flexibility index (Phi) is 8.75. The van der Waals surface area contributed by atoms with E-state index >= 15 is 0 Å². The van der Waals surface area contributed by atoms with Crippen LogP contribution in [0.15, 0.2) is 225 Å². The van der Waals surface area contributed by atoms with E-state index in [4.69, 9.17) is 15.0 Å². The smallest absolute Gasteiger partial charge is 0.164 e. The van der Waals surface area contributed by atoms with Gasteiger partial charge in [-0.05, 0) is 97.9 Å². The molecule has 5 nitrogen and oxygen atoms in total. The van der Waals surface area contributed by atoms with Gasteiger partial charge in [0.15, 0.2) is 17.5 Å². The van der Waals surface area contributed by atoms with Crippen molar-refractivity contribution in [2.75, 3.05) is 0 Å². The molecule has 12 aromatic rings. The van der Waals surface area contributed by atoms with Crippen molar-refractivity contribution in [3.05, 3.63) is 225 Å². The van der Waals surface area contributed by atoms with Crippen LogP contribution >= 0.6 is 0 Å². The Bertz CT molecular complexity index is 3670. The standard InChI is InChI=1S/C58H37N5/c1-3-15-38(16-4-1)56-60-57(41-18-13-17-39(35-41)42-19-14-34-59-37-42)62-58(61-56)52-32-31-50(47-24-9-10-25-48(47)52)49-30-29-44(45-22-7-8-23-46(45)49)40-28-33-55-53(36-40)51-26-11-12-27-54(51)63(55)43-20-5-2-6-21-43/h1-37H. The average Bonchev–Trinajstić information content (AvgIpc) is 3.70. The lowest BCUT2D eigenvalue weighted by Crippen LogP contribution is -2.01. The number of hydrogen-bond donors (Lipinski definition) is 0. The number of para-hydroxylation sites is 2. The molecule has 0 unspecified atom stereocenters.